The van der Waals surface area contributed by atoms with Gasteiger partial charge in [-0.3, -0.25) is 9.69 Å². The minimum Gasteiger partial charge on any atom is -0.481 e. The predicted molar refractivity (Wildman–Crippen MR) is 65.5 cm³/mol. The Morgan fingerprint density at radius 3 is 2.81 bits per heavy atom. The first-order valence-corrected chi connectivity index (χ1v) is 6.55. The zero-order valence-electron chi connectivity index (χ0n) is 10.6. The Balaban J connectivity index is 2.34. The van der Waals surface area contributed by atoms with Gasteiger partial charge in [-0.05, 0) is 38.1 Å². The van der Waals surface area contributed by atoms with Crippen LogP contribution in [0.5, 0.6) is 0 Å². The normalized spacial score (nSPS) is 22.6. The van der Waals surface area contributed by atoms with Crippen molar-refractivity contribution in [2.75, 3.05) is 13.1 Å². The van der Waals surface area contributed by atoms with Crippen LogP contribution in [0.1, 0.15) is 52.4 Å². The standard InChI is InChI=1S/C13H25NO2/c1-11(2)6-7-12-5-3-4-9-14(12)10-8-13(15)16/h11-12H,3-10H2,1-2H3,(H,15,16). The second-order valence-electron chi connectivity index (χ2n) is 5.30. The molecule has 1 aliphatic rings. The third-order valence-electron chi connectivity index (χ3n) is 3.44. The van der Waals surface area contributed by atoms with Crippen LogP contribution in [0.3, 0.4) is 0 Å². The first-order chi connectivity index (χ1) is 7.59. The Bertz CT molecular complexity index is 216. The van der Waals surface area contributed by atoms with Crippen LogP contribution in [0, 0.1) is 5.92 Å². The smallest absolute Gasteiger partial charge is 0.304 e. The SMILES string of the molecule is CC(C)CCC1CCCCN1CCC(=O)O. The molecule has 0 bridgehead atoms. The molecule has 0 aromatic rings. The number of rotatable bonds is 6. The highest BCUT2D eigenvalue weighted by Gasteiger charge is 2.22. The Kier molecular flexibility index (Phi) is 5.81. The van der Waals surface area contributed by atoms with Crippen molar-refractivity contribution in [3.8, 4) is 0 Å². The molecular formula is C13H25NO2. The first-order valence-electron chi connectivity index (χ1n) is 6.55. The van der Waals surface area contributed by atoms with Gasteiger partial charge in [-0.25, -0.2) is 0 Å². The average molecular weight is 227 g/mol. The van der Waals surface area contributed by atoms with E-state index in [2.05, 4.69) is 18.7 Å². The maximum absolute atomic E-state index is 10.6. The number of carboxylic acid groups (broad SMARTS) is 1. The van der Waals surface area contributed by atoms with Crippen molar-refractivity contribution < 1.29 is 9.90 Å². The monoisotopic (exact) mass is 227 g/mol. The average Bonchev–Trinajstić information content (AvgIpc) is 2.24. The summed E-state index contributed by atoms with van der Waals surface area (Å²) in [5, 5.41) is 8.72. The zero-order valence-corrected chi connectivity index (χ0v) is 10.6. The van der Waals surface area contributed by atoms with Crippen molar-refractivity contribution in [1.29, 1.82) is 0 Å². The first kappa shape index (κ1) is 13.5. The number of nitrogens with zero attached hydrogens (tertiary/aromatic N) is 1. The minimum absolute atomic E-state index is 0.290. The second kappa shape index (κ2) is 6.89. The summed E-state index contributed by atoms with van der Waals surface area (Å²) in [4.78, 5) is 13.0. The van der Waals surface area contributed by atoms with Crippen molar-refractivity contribution in [2.24, 2.45) is 5.92 Å². The van der Waals surface area contributed by atoms with E-state index >= 15 is 0 Å². The largest absolute Gasteiger partial charge is 0.481 e. The third-order valence-corrected chi connectivity index (χ3v) is 3.44. The van der Waals surface area contributed by atoms with Crippen molar-refractivity contribution in [1.82, 2.24) is 4.90 Å². The molecule has 16 heavy (non-hydrogen) atoms. The summed E-state index contributed by atoms with van der Waals surface area (Å²) in [6.45, 7) is 6.34. The predicted octanol–water partition coefficient (Wildman–Crippen LogP) is 2.75. The van der Waals surface area contributed by atoms with E-state index in [4.69, 9.17) is 5.11 Å². The van der Waals surface area contributed by atoms with Crippen molar-refractivity contribution >= 4 is 5.97 Å². The van der Waals surface area contributed by atoms with Gasteiger partial charge in [0.1, 0.15) is 0 Å². The lowest BCUT2D eigenvalue weighted by Gasteiger charge is -2.35. The fourth-order valence-electron chi connectivity index (χ4n) is 2.45. The molecule has 94 valence electrons. The van der Waals surface area contributed by atoms with E-state index in [-0.39, 0.29) is 6.42 Å². The Labute approximate surface area is 98.8 Å². The van der Waals surface area contributed by atoms with Gasteiger partial charge in [-0.15, -0.1) is 0 Å². The molecule has 1 aliphatic heterocycles. The highest BCUT2D eigenvalue weighted by molar-refractivity contribution is 5.66. The third kappa shape index (κ3) is 4.97. The summed E-state index contributed by atoms with van der Waals surface area (Å²) in [5.74, 6) is 0.0800. The van der Waals surface area contributed by atoms with E-state index in [0.717, 1.165) is 19.0 Å². The number of hydrogen-bond acceptors (Lipinski definition) is 2. The Hall–Kier alpha value is -0.570. The van der Waals surface area contributed by atoms with Crippen molar-refractivity contribution in [3.05, 3.63) is 0 Å². The van der Waals surface area contributed by atoms with Gasteiger partial charge < -0.3 is 5.11 Å². The molecule has 0 spiro atoms. The van der Waals surface area contributed by atoms with Crippen molar-refractivity contribution in [3.63, 3.8) is 0 Å². The van der Waals surface area contributed by atoms with Gasteiger partial charge in [0.2, 0.25) is 0 Å². The lowest BCUT2D eigenvalue weighted by molar-refractivity contribution is -0.137. The van der Waals surface area contributed by atoms with E-state index in [1.165, 1.54) is 32.1 Å². The van der Waals surface area contributed by atoms with E-state index in [9.17, 15) is 4.79 Å². The molecule has 0 aliphatic carbocycles. The van der Waals surface area contributed by atoms with E-state index in [0.29, 0.717) is 6.04 Å². The van der Waals surface area contributed by atoms with Gasteiger partial charge in [-0.2, -0.15) is 0 Å². The number of piperidine rings is 1. The molecule has 1 N–H and O–H groups in total. The fourth-order valence-corrected chi connectivity index (χ4v) is 2.45. The highest BCUT2D eigenvalue weighted by atomic mass is 16.4. The number of hydrogen-bond donors (Lipinski definition) is 1. The van der Waals surface area contributed by atoms with Crippen LogP contribution in [0.15, 0.2) is 0 Å². The van der Waals surface area contributed by atoms with Gasteiger partial charge in [0, 0.05) is 12.6 Å². The van der Waals surface area contributed by atoms with Crippen LogP contribution in [0.25, 0.3) is 0 Å². The molecule has 1 fully saturated rings. The maximum atomic E-state index is 10.6. The number of carbonyl (C=O) groups is 1. The highest BCUT2D eigenvalue weighted by Crippen LogP contribution is 2.22. The summed E-state index contributed by atoms with van der Waals surface area (Å²) >= 11 is 0. The molecule has 1 rings (SSSR count). The number of aliphatic carboxylic acids is 1. The molecule has 3 nitrogen and oxygen atoms in total. The van der Waals surface area contributed by atoms with Gasteiger partial charge in [0.05, 0.1) is 6.42 Å². The van der Waals surface area contributed by atoms with E-state index in [1.54, 1.807) is 0 Å². The molecule has 3 heteroatoms. The molecule has 1 atom stereocenters. The number of carboxylic acids is 1. The van der Waals surface area contributed by atoms with E-state index < -0.39 is 5.97 Å². The quantitative estimate of drug-likeness (QED) is 0.758. The summed E-state index contributed by atoms with van der Waals surface area (Å²) < 4.78 is 0. The minimum atomic E-state index is -0.673. The van der Waals surface area contributed by atoms with Gasteiger partial charge in [0.15, 0.2) is 0 Å². The fraction of sp³-hybridized carbons (Fsp3) is 0.923. The van der Waals surface area contributed by atoms with Crippen LogP contribution in [-0.2, 0) is 4.79 Å². The second-order valence-corrected chi connectivity index (χ2v) is 5.30. The number of likely N-dealkylation sites (tertiary alicyclic amines) is 1. The summed E-state index contributed by atoms with van der Waals surface area (Å²) in [5.41, 5.74) is 0. The Morgan fingerprint density at radius 2 is 2.19 bits per heavy atom. The summed E-state index contributed by atoms with van der Waals surface area (Å²) in [6, 6.07) is 0.635. The van der Waals surface area contributed by atoms with Crippen LogP contribution >= 0.6 is 0 Å². The summed E-state index contributed by atoms with van der Waals surface area (Å²) in [6.07, 6.45) is 6.58. The molecule has 0 amide bonds. The summed E-state index contributed by atoms with van der Waals surface area (Å²) in [7, 11) is 0. The lowest BCUT2D eigenvalue weighted by atomic mass is 9.94. The van der Waals surface area contributed by atoms with Gasteiger partial charge in [-0.1, -0.05) is 20.3 Å². The van der Waals surface area contributed by atoms with Crippen molar-refractivity contribution in [2.45, 2.75) is 58.4 Å². The maximum Gasteiger partial charge on any atom is 0.304 e. The molecule has 1 unspecified atom stereocenters. The van der Waals surface area contributed by atoms with Crippen LogP contribution in [-0.4, -0.2) is 35.1 Å². The topological polar surface area (TPSA) is 40.5 Å². The Morgan fingerprint density at radius 1 is 1.44 bits per heavy atom. The van der Waals surface area contributed by atoms with Crippen LogP contribution in [0.4, 0.5) is 0 Å². The molecule has 0 aromatic heterocycles. The molecule has 1 heterocycles. The molecule has 0 radical (unpaired) electrons. The van der Waals surface area contributed by atoms with E-state index in [1.807, 2.05) is 0 Å². The van der Waals surface area contributed by atoms with Gasteiger partial charge in [0.25, 0.3) is 0 Å². The van der Waals surface area contributed by atoms with Gasteiger partial charge >= 0.3 is 5.97 Å². The molecule has 0 saturated carbocycles. The lowest BCUT2D eigenvalue weighted by Crippen LogP contribution is -2.40. The molecule has 0 aromatic carbocycles. The van der Waals surface area contributed by atoms with Crippen LogP contribution in [0.2, 0.25) is 0 Å². The zero-order chi connectivity index (χ0) is 12.0. The molecular weight excluding hydrogens is 202 g/mol. The molecule has 1 saturated heterocycles. The van der Waals surface area contributed by atoms with Crippen LogP contribution < -0.4 is 0 Å².